The van der Waals surface area contributed by atoms with Gasteiger partial charge in [0.1, 0.15) is 17.8 Å². The zero-order chi connectivity index (χ0) is 15.2. The van der Waals surface area contributed by atoms with Gasteiger partial charge in [0.2, 0.25) is 0 Å². The first-order valence-electron chi connectivity index (χ1n) is 8.71. The molecule has 0 aromatic carbocycles. The number of nitrogens with zero attached hydrogens (tertiary/aromatic N) is 3. The van der Waals surface area contributed by atoms with Gasteiger partial charge in [0, 0.05) is 25.2 Å². The van der Waals surface area contributed by atoms with Crippen molar-refractivity contribution in [2.24, 2.45) is 0 Å². The highest BCUT2D eigenvalue weighted by molar-refractivity contribution is 5.92. The first-order valence-corrected chi connectivity index (χ1v) is 8.71. The van der Waals surface area contributed by atoms with Crippen molar-refractivity contribution in [2.75, 3.05) is 18.4 Å². The lowest BCUT2D eigenvalue weighted by Gasteiger charge is -2.26. The molecule has 1 aliphatic carbocycles. The van der Waals surface area contributed by atoms with Crippen LogP contribution in [0, 0.1) is 0 Å². The summed E-state index contributed by atoms with van der Waals surface area (Å²) in [4.78, 5) is 22.9. The quantitative estimate of drug-likeness (QED) is 0.871. The van der Waals surface area contributed by atoms with Gasteiger partial charge in [-0.2, -0.15) is 0 Å². The summed E-state index contributed by atoms with van der Waals surface area (Å²) >= 11 is 0. The van der Waals surface area contributed by atoms with Gasteiger partial charge in [0.05, 0.1) is 0 Å². The van der Waals surface area contributed by atoms with Gasteiger partial charge in [-0.3, -0.25) is 4.79 Å². The van der Waals surface area contributed by atoms with Gasteiger partial charge in [0.25, 0.3) is 5.91 Å². The van der Waals surface area contributed by atoms with E-state index in [1.165, 1.54) is 51.3 Å². The fourth-order valence-electron chi connectivity index (χ4n) is 3.45. The maximum absolute atomic E-state index is 12.5. The van der Waals surface area contributed by atoms with Crippen LogP contribution in [0.25, 0.3) is 0 Å². The first kappa shape index (κ1) is 15.3. The molecule has 0 atom stereocenters. The number of carbonyl (C=O) groups excluding carboxylic acids is 1. The molecule has 2 heterocycles. The van der Waals surface area contributed by atoms with Crippen molar-refractivity contribution in [2.45, 2.75) is 63.8 Å². The van der Waals surface area contributed by atoms with E-state index in [9.17, 15) is 4.79 Å². The molecule has 2 fully saturated rings. The largest absolute Gasteiger partial charge is 0.367 e. The minimum absolute atomic E-state index is 0.0472. The van der Waals surface area contributed by atoms with Crippen LogP contribution in [0.3, 0.4) is 0 Å². The van der Waals surface area contributed by atoms with E-state index in [4.69, 9.17) is 0 Å². The third-order valence-electron chi connectivity index (χ3n) is 4.74. The van der Waals surface area contributed by atoms with E-state index in [-0.39, 0.29) is 5.91 Å². The molecule has 0 bridgehead atoms. The van der Waals surface area contributed by atoms with Crippen molar-refractivity contribution >= 4 is 11.7 Å². The third-order valence-corrected chi connectivity index (χ3v) is 4.74. The minimum Gasteiger partial charge on any atom is -0.367 e. The maximum atomic E-state index is 12.5. The average molecular weight is 302 g/mol. The van der Waals surface area contributed by atoms with E-state index in [1.54, 1.807) is 0 Å². The summed E-state index contributed by atoms with van der Waals surface area (Å²) in [5.74, 6) is 0.841. The van der Waals surface area contributed by atoms with E-state index in [1.807, 2.05) is 11.0 Å². The Kier molecular flexibility index (Phi) is 5.24. The molecule has 0 unspecified atom stereocenters. The van der Waals surface area contributed by atoms with E-state index in [2.05, 4.69) is 15.3 Å². The standard InChI is InChI=1S/C17H26N4O/c22-17(21-10-6-3-7-11-21)15-12-16(19-13-18-15)20-14-8-4-1-2-5-9-14/h12-14H,1-11H2,(H,18,19,20). The van der Waals surface area contributed by atoms with Crippen LogP contribution in [-0.4, -0.2) is 39.9 Å². The summed E-state index contributed by atoms with van der Waals surface area (Å²) in [7, 11) is 0. The molecule has 0 radical (unpaired) electrons. The SMILES string of the molecule is O=C(c1cc(NC2CCCCCC2)ncn1)N1CCCCC1. The molecule has 3 rings (SSSR count). The number of anilines is 1. The van der Waals surface area contributed by atoms with Crippen LogP contribution in [0.5, 0.6) is 0 Å². The number of likely N-dealkylation sites (tertiary alicyclic amines) is 1. The van der Waals surface area contributed by atoms with Gasteiger partial charge in [-0.15, -0.1) is 0 Å². The first-order chi connectivity index (χ1) is 10.8. The predicted octanol–water partition coefficient (Wildman–Crippen LogP) is 3.24. The van der Waals surface area contributed by atoms with Crippen LogP contribution < -0.4 is 5.32 Å². The fourth-order valence-corrected chi connectivity index (χ4v) is 3.45. The maximum Gasteiger partial charge on any atom is 0.272 e. The summed E-state index contributed by atoms with van der Waals surface area (Å²) in [6.07, 6.45) is 12.6. The highest BCUT2D eigenvalue weighted by Crippen LogP contribution is 2.21. The number of aromatic nitrogens is 2. The van der Waals surface area contributed by atoms with Crippen molar-refractivity contribution in [3.05, 3.63) is 18.1 Å². The molecule has 1 N–H and O–H groups in total. The fraction of sp³-hybridized carbons (Fsp3) is 0.706. The summed E-state index contributed by atoms with van der Waals surface area (Å²) < 4.78 is 0. The predicted molar refractivity (Wildman–Crippen MR) is 86.9 cm³/mol. The van der Waals surface area contributed by atoms with E-state index < -0.39 is 0 Å². The van der Waals surface area contributed by atoms with Crippen LogP contribution in [0.2, 0.25) is 0 Å². The Bertz CT molecular complexity index is 491. The van der Waals surface area contributed by atoms with Crippen LogP contribution in [0.15, 0.2) is 12.4 Å². The normalized spacial score (nSPS) is 20.5. The smallest absolute Gasteiger partial charge is 0.272 e. The number of carbonyl (C=O) groups is 1. The molecular weight excluding hydrogens is 276 g/mol. The van der Waals surface area contributed by atoms with Crippen molar-refractivity contribution in [3.8, 4) is 0 Å². The zero-order valence-corrected chi connectivity index (χ0v) is 13.3. The molecule has 1 aromatic heterocycles. The van der Waals surface area contributed by atoms with Crippen molar-refractivity contribution in [1.29, 1.82) is 0 Å². The summed E-state index contributed by atoms with van der Waals surface area (Å²) in [6, 6.07) is 2.30. The molecule has 1 aromatic rings. The molecule has 1 saturated carbocycles. The highest BCUT2D eigenvalue weighted by Gasteiger charge is 2.20. The van der Waals surface area contributed by atoms with Crippen LogP contribution in [-0.2, 0) is 0 Å². The number of amides is 1. The molecule has 120 valence electrons. The van der Waals surface area contributed by atoms with Crippen LogP contribution >= 0.6 is 0 Å². The molecule has 1 saturated heterocycles. The van der Waals surface area contributed by atoms with Gasteiger partial charge in [-0.1, -0.05) is 25.7 Å². The Morgan fingerprint density at radius 2 is 1.68 bits per heavy atom. The molecule has 1 aliphatic heterocycles. The van der Waals surface area contributed by atoms with Gasteiger partial charge >= 0.3 is 0 Å². The van der Waals surface area contributed by atoms with Crippen molar-refractivity contribution in [3.63, 3.8) is 0 Å². The minimum atomic E-state index is 0.0472. The number of hydrogen-bond donors (Lipinski definition) is 1. The summed E-state index contributed by atoms with van der Waals surface area (Å²) in [5, 5.41) is 3.50. The second kappa shape index (κ2) is 7.56. The van der Waals surface area contributed by atoms with Gasteiger partial charge in [0.15, 0.2) is 0 Å². The monoisotopic (exact) mass is 302 g/mol. The van der Waals surface area contributed by atoms with Crippen LogP contribution in [0.1, 0.15) is 68.3 Å². The molecule has 5 nitrogen and oxygen atoms in total. The van der Waals surface area contributed by atoms with Crippen molar-refractivity contribution in [1.82, 2.24) is 14.9 Å². The second-order valence-electron chi connectivity index (χ2n) is 6.47. The zero-order valence-electron chi connectivity index (χ0n) is 13.3. The topological polar surface area (TPSA) is 58.1 Å². The summed E-state index contributed by atoms with van der Waals surface area (Å²) in [6.45, 7) is 1.71. The second-order valence-corrected chi connectivity index (χ2v) is 6.47. The Morgan fingerprint density at radius 1 is 1.00 bits per heavy atom. The lowest BCUT2D eigenvalue weighted by Crippen LogP contribution is -2.36. The lowest BCUT2D eigenvalue weighted by molar-refractivity contribution is 0.0718. The molecule has 0 spiro atoms. The van der Waals surface area contributed by atoms with Gasteiger partial charge in [-0.05, 0) is 32.1 Å². The van der Waals surface area contributed by atoms with E-state index in [0.717, 1.165) is 31.7 Å². The Labute approximate surface area is 132 Å². The molecule has 22 heavy (non-hydrogen) atoms. The number of nitrogens with one attached hydrogen (secondary N) is 1. The number of hydrogen-bond acceptors (Lipinski definition) is 4. The van der Waals surface area contributed by atoms with Crippen LogP contribution in [0.4, 0.5) is 5.82 Å². The van der Waals surface area contributed by atoms with E-state index in [0.29, 0.717) is 11.7 Å². The van der Waals surface area contributed by atoms with Crippen molar-refractivity contribution < 1.29 is 4.79 Å². The third kappa shape index (κ3) is 3.96. The number of piperidine rings is 1. The Balaban J connectivity index is 1.64. The molecule has 1 amide bonds. The lowest BCUT2D eigenvalue weighted by atomic mass is 10.1. The summed E-state index contributed by atoms with van der Waals surface area (Å²) in [5.41, 5.74) is 0.521. The molecule has 5 heteroatoms. The molecule has 2 aliphatic rings. The van der Waals surface area contributed by atoms with Gasteiger partial charge in [-0.25, -0.2) is 9.97 Å². The highest BCUT2D eigenvalue weighted by atomic mass is 16.2. The Hall–Kier alpha value is -1.65. The average Bonchev–Trinajstić information content (AvgIpc) is 2.84. The van der Waals surface area contributed by atoms with Gasteiger partial charge < -0.3 is 10.2 Å². The Morgan fingerprint density at radius 3 is 2.41 bits per heavy atom. The molecular formula is C17H26N4O. The number of rotatable bonds is 3. The van der Waals surface area contributed by atoms with E-state index >= 15 is 0 Å².